The lowest BCUT2D eigenvalue weighted by molar-refractivity contribution is -0.129. The first-order valence-electron chi connectivity index (χ1n) is 8.82. The molecule has 2 aromatic rings. The van der Waals surface area contributed by atoms with Crippen LogP contribution in [0.1, 0.15) is 32.3 Å². The van der Waals surface area contributed by atoms with Crippen LogP contribution in [0.25, 0.3) is 0 Å². The van der Waals surface area contributed by atoms with Gasteiger partial charge in [-0.25, -0.2) is 0 Å². The maximum atomic E-state index is 12.3. The molecular formula is C21H25NO2S. The summed E-state index contributed by atoms with van der Waals surface area (Å²) in [7, 11) is 0. The van der Waals surface area contributed by atoms with Crippen LogP contribution in [0.4, 0.5) is 0 Å². The molecule has 132 valence electrons. The molecule has 0 radical (unpaired) electrons. The van der Waals surface area contributed by atoms with Gasteiger partial charge < -0.3 is 9.64 Å². The second kappa shape index (κ2) is 7.96. The van der Waals surface area contributed by atoms with E-state index < -0.39 is 0 Å². The van der Waals surface area contributed by atoms with Gasteiger partial charge in [0.25, 0.3) is 0 Å². The number of carbonyl (C=O) groups excluding carboxylic acids is 1. The molecule has 0 bridgehead atoms. The van der Waals surface area contributed by atoms with Gasteiger partial charge in [-0.15, -0.1) is 0 Å². The first-order valence-corrected chi connectivity index (χ1v) is 9.34. The van der Waals surface area contributed by atoms with Gasteiger partial charge in [0, 0.05) is 24.3 Å². The van der Waals surface area contributed by atoms with Crippen LogP contribution in [-0.2, 0) is 11.3 Å². The summed E-state index contributed by atoms with van der Waals surface area (Å²) >= 11 is 4.64. The van der Waals surface area contributed by atoms with E-state index in [9.17, 15) is 4.79 Å². The van der Waals surface area contributed by atoms with Gasteiger partial charge in [-0.3, -0.25) is 4.79 Å². The smallest absolute Gasteiger partial charge is 0.224 e. The van der Waals surface area contributed by atoms with Crippen molar-refractivity contribution < 1.29 is 9.53 Å². The minimum Gasteiger partial charge on any atom is -0.457 e. The fourth-order valence-corrected chi connectivity index (χ4v) is 3.72. The first kappa shape index (κ1) is 17.9. The summed E-state index contributed by atoms with van der Waals surface area (Å²) in [4.78, 5) is 14.3. The standard InChI is InChI=1S/C21H25NO2S/c1-15(2)12-19-20(25)13-21(23)22(19)14-16-8-10-18(11-9-16)24-17-6-4-3-5-7-17/h3-11,15,19-20,25H,12-14H2,1-2H3. The van der Waals surface area contributed by atoms with E-state index in [-0.39, 0.29) is 17.2 Å². The van der Waals surface area contributed by atoms with Gasteiger partial charge >= 0.3 is 0 Å². The van der Waals surface area contributed by atoms with Crippen LogP contribution < -0.4 is 4.74 Å². The van der Waals surface area contributed by atoms with E-state index in [1.165, 1.54) is 0 Å². The summed E-state index contributed by atoms with van der Waals surface area (Å²) in [6, 6.07) is 17.9. The van der Waals surface area contributed by atoms with E-state index in [0.717, 1.165) is 23.5 Å². The van der Waals surface area contributed by atoms with E-state index in [4.69, 9.17) is 4.74 Å². The second-order valence-electron chi connectivity index (χ2n) is 7.05. The topological polar surface area (TPSA) is 29.5 Å². The predicted molar refractivity (Wildman–Crippen MR) is 104 cm³/mol. The van der Waals surface area contributed by atoms with Crippen LogP contribution in [0.3, 0.4) is 0 Å². The molecule has 4 heteroatoms. The van der Waals surface area contributed by atoms with Crippen LogP contribution >= 0.6 is 12.6 Å². The molecule has 0 spiro atoms. The number of nitrogens with zero attached hydrogens (tertiary/aromatic N) is 1. The van der Waals surface area contributed by atoms with Crippen molar-refractivity contribution in [2.75, 3.05) is 0 Å². The Labute approximate surface area is 155 Å². The summed E-state index contributed by atoms with van der Waals surface area (Å²) in [6.07, 6.45) is 1.53. The van der Waals surface area contributed by atoms with Gasteiger partial charge in [0.2, 0.25) is 5.91 Å². The number of ether oxygens (including phenoxy) is 1. The van der Waals surface area contributed by atoms with Gasteiger partial charge in [0.15, 0.2) is 0 Å². The normalized spacial score (nSPS) is 20.3. The van der Waals surface area contributed by atoms with Gasteiger partial charge in [0.1, 0.15) is 11.5 Å². The Balaban J connectivity index is 1.67. The van der Waals surface area contributed by atoms with Crippen molar-refractivity contribution in [2.45, 2.75) is 44.5 Å². The van der Waals surface area contributed by atoms with E-state index in [2.05, 4.69) is 26.5 Å². The molecule has 0 aliphatic carbocycles. The van der Waals surface area contributed by atoms with Crippen molar-refractivity contribution in [1.29, 1.82) is 0 Å². The summed E-state index contributed by atoms with van der Waals surface area (Å²) in [6.45, 7) is 5.02. The Hall–Kier alpha value is -1.94. The third kappa shape index (κ3) is 4.57. The van der Waals surface area contributed by atoms with Gasteiger partial charge in [-0.05, 0) is 42.2 Å². The fourth-order valence-electron chi connectivity index (χ4n) is 3.28. The van der Waals surface area contributed by atoms with Crippen molar-refractivity contribution in [2.24, 2.45) is 5.92 Å². The minimum absolute atomic E-state index is 0.135. The summed E-state index contributed by atoms with van der Waals surface area (Å²) in [5.41, 5.74) is 1.12. The van der Waals surface area contributed by atoms with Gasteiger partial charge in [-0.1, -0.05) is 44.2 Å². The highest BCUT2D eigenvalue weighted by Crippen LogP contribution is 2.30. The molecule has 3 rings (SSSR count). The van der Waals surface area contributed by atoms with Crippen LogP contribution in [0.15, 0.2) is 54.6 Å². The molecule has 1 fully saturated rings. The van der Waals surface area contributed by atoms with Crippen LogP contribution in [-0.4, -0.2) is 22.1 Å². The maximum absolute atomic E-state index is 12.3. The minimum atomic E-state index is 0.135. The number of amides is 1. The molecule has 1 aliphatic rings. The van der Waals surface area contributed by atoms with Crippen molar-refractivity contribution in [3.05, 3.63) is 60.2 Å². The Morgan fingerprint density at radius 1 is 1.08 bits per heavy atom. The average molecular weight is 356 g/mol. The molecular weight excluding hydrogens is 330 g/mol. The summed E-state index contributed by atoms with van der Waals surface area (Å²) < 4.78 is 5.82. The largest absolute Gasteiger partial charge is 0.457 e. The van der Waals surface area contributed by atoms with Gasteiger partial charge in [0.05, 0.1) is 0 Å². The number of benzene rings is 2. The first-order chi connectivity index (χ1) is 12.0. The number of hydrogen-bond donors (Lipinski definition) is 1. The number of rotatable bonds is 6. The highest BCUT2D eigenvalue weighted by atomic mass is 32.1. The number of likely N-dealkylation sites (tertiary alicyclic amines) is 1. The SMILES string of the molecule is CC(C)CC1C(S)CC(=O)N1Cc1ccc(Oc2ccccc2)cc1. The molecule has 1 heterocycles. The van der Waals surface area contributed by atoms with Crippen molar-refractivity contribution >= 4 is 18.5 Å². The molecule has 2 atom stereocenters. The molecule has 25 heavy (non-hydrogen) atoms. The van der Waals surface area contributed by atoms with E-state index >= 15 is 0 Å². The van der Waals surface area contributed by atoms with E-state index in [1.807, 2.05) is 59.5 Å². The third-order valence-electron chi connectivity index (χ3n) is 4.52. The van der Waals surface area contributed by atoms with E-state index in [1.54, 1.807) is 0 Å². The predicted octanol–water partition coefficient (Wildman–Crippen LogP) is 4.92. The number of hydrogen-bond acceptors (Lipinski definition) is 3. The number of para-hydroxylation sites is 1. The Kier molecular flexibility index (Phi) is 5.69. The summed E-state index contributed by atoms with van der Waals surface area (Å²) in [5, 5.41) is 0.135. The Bertz CT molecular complexity index is 700. The number of thiol groups is 1. The van der Waals surface area contributed by atoms with E-state index in [0.29, 0.717) is 18.9 Å². The molecule has 3 nitrogen and oxygen atoms in total. The lowest BCUT2D eigenvalue weighted by Gasteiger charge is -2.28. The van der Waals surface area contributed by atoms with Crippen molar-refractivity contribution in [3.8, 4) is 11.5 Å². The zero-order chi connectivity index (χ0) is 17.8. The third-order valence-corrected chi connectivity index (χ3v) is 5.04. The molecule has 0 aromatic heterocycles. The zero-order valence-corrected chi connectivity index (χ0v) is 15.7. The molecule has 2 unspecified atom stereocenters. The quantitative estimate of drug-likeness (QED) is 0.745. The highest BCUT2D eigenvalue weighted by Gasteiger charge is 2.37. The van der Waals surface area contributed by atoms with Crippen LogP contribution in [0.5, 0.6) is 11.5 Å². The van der Waals surface area contributed by atoms with Crippen LogP contribution in [0, 0.1) is 5.92 Å². The lowest BCUT2D eigenvalue weighted by atomic mass is 10.0. The molecule has 1 saturated heterocycles. The van der Waals surface area contributed by atoms with Gasteiger partial charge in [-0.2, -0.15) is 12.6 Å². The second-order valence-corrected chi connectivity index (χ2v) is 7.71. The Morgan fingerprint density at radius 3 is 2.36 bits per heavy atom. The highest BCUT2D eigenvalue weighted by molar-refractivity contribution is 7.81. The molecule has 0 N–H and O–H groups in total. The van der Waals surface area contributed by atoms with Crippen LogP contribution in [0.2, 0.25) is 0 Å². The molecule has 2 aromatic carbocycles. The lowest BCUT2D eigenvalue weighted by Crippen LogP contribution is -2.36. The monoisotopic (exact) mass is 355 g/mol. The number of carbonyl (C=O) groups is 1. The average Bonchev–Trinajstić information content (AvgIpc) is 2.84. The van der Waals surface area contributed by atoms with Crippen molar-refractivity contribution in [1.82, 2.24) is 4.90 Å². The van der Waals surface area contributed by atoms with Crippen molar-refractivity contribution in [3.63, 3.8) is 0 Å². The molecule has 1 aliphatic heterocycles. The Morgan fingerprint density at radius 2 is 1.72 bits per heavy atom. The molecule has 1 amide bonds. The maximum Gasteiger partial charge on any atom is 0.224 e. The summed E-state index contributed by atoms with van der Waals surface area (Å²) in [5.74, 6) is 2.37. The zero-order valence-electron chi connectivity index (χ0n) is 14.8. The fraction of sp³-hybridized carbons (Fsp3) is 0.381. The molecule has 0 saturated carbocycles.